The van der Waals surface area contributed by atoms with Gasteiger partial charge >= 0.3 is 15.1 Å². The zero-order valence-corrected chi connectivity index (χ0v) is 77.4. The molecule has 0 radical (unpaired) electrons. The molecule has 0 aliphatic rings. The van der Waals surface area contributed by atoms with Gasteiger partial charge in [0.25, 0.3) is 0 Å². The summed E-state index contributed by atoms with van der Waals surface area (Å²) in [5.41, 5.74) is 28.3. The molecule has 0 amide bonds. The van der Waals surface area contributed by atoms with Crippen molar-refractivity contribution in [1.82, 2.24) is 43.6 Å². The number of aromatic nitrogens is 9. The second-order valence-corrected chi connectivity index (χ2v) is 37.8. The van der Waals surface area contributed by atoms with Crippen molar-refractivity contribution in [3.05, 3.63) is 425 Å². The number of pyridine rings is 3. The van der Waals surface area contributed by atoms with Crippen molar-refractivity contribution in [1.29, 1.82) is 0 Å². The minimum Gasteiger partial charge on any atom is -0.576 e. The van der Waals surface area contributed by atoms with E-state index in [0.717, 1.165) is 250 Å². The van der Waals surface area contributed by atoms with Crippen LogP contribution in [0.4, 0.5) is 0 Å². The smallest absolute Gasteiger partial charge is 0.576 e. The molecule has 0 aliphatic carbocycles. The Hall–Kier alpha value is -18.1. The number of hydrogen-bond acceptors (Lipinski definition) is 12. The van der Waals surface area contributed by atoms with Gasteiger partial charge in [0, 0.05) is 121 Å². The highest BCUT2D eigenvalue weighted by molar-refractivity contribution is 6.40. The van der Waals surface area contributed by atoms with E-state index >= 15 is 0 Å². The Bertz CT molecular complexity index is 10100. The van der Waals surface area contributed by atoms with Crippen molar-refractivity contribution >= 4 is 201 Å². The molecule has 0 bridgehead atoms. The van der Waals surface area contributed by atoms with E-state index < -0.39 is 15.1 Å². The minimum atomic E-state index is -3.10. The van der Waals surface area contributed by atoms with Gasteiger partial charge in [-0.2, -0.15) is 5.10 Å². The Balaban J connectivity index is 0.000000138. The molecule has 1 unspecified atom stereocenters. The summed E-state index contributed by atoms with van der Waals surface area (Å²) in [6.45, 7) is 4.57. The van der Waals surface area contributed by atoms with Crippen LogP contribution in [0.5, 0.6) is 17.2 Å². The molecule has 11 aromatic heterocycles. The van der Waals surface area contributed by atoms with Gasteiger partial charge < -0.3 is 38.2 Å². The van der Waals surface area contributed by atoms with Crippen LogP contribution in [0.1, 0.15) is 25.8 Å². The van der Waals surface area contributed by atoms with E-state index in [2.05, 4.69) is 329 Å². The number of fused-ring (bicyclic) bond motifs is 24. The second kappa shape index (κ2) is 32.8. The van der Waals surface area contributed by atoms with E-state index in [1.807, 2.05) is 109 Å². The highest BCUT2D eigenvalue weighted by Crippen LogP contribution is 2.48. The van der Waals surface area contributed by atoms with E-state index in [0.29, 0.717) is 28.7 Å². The normalized spacial score (nSPS) is 12.2. The van der Waals surface area contributed by atoms with Crippen LogP contribution in [-0.4, -0.2) is 58.8 Å². The number of furan rings is 4. The van der Waals surface area contributed by atoms with E-state index in [-0.39, 0.29) is 0 Å². The third-order valence-corrected chi connectivity index (χ3v) is 29.6. The maximum atomic E-state index is 6.87. The standard InChI is InChI=1S/C61H43N5O2.C45H26N2O3.2C9H7NO.Al/c1-3-37(2)30-38-14-12-15-39(31-38)42-34-50-46-19-7-11-25-57(46)67-61(50)56(35-42)66-62-36-59(63-66)65-53-23-10-6-18-45(53)48-32-40(26-28-54(48)65)41-27-29-58-49(33-41)47-20-13-24-55(60(47)68-58)64-51-21-8-4-16-43(51)44-17-5-9-22-52(44)64;48-40-20-18-29(34-11-6-22-46-44(34)40)26-15-19-39-36(23-26)31-7-1-3-12-38(31)47(39)28-16-21-42-37(25-28)35-10-5-9-30(45(35)50-42)27-14-17-33-32-8-2-4-13-41(32)49-43(33)24-27;2*11-8-5-1-3-7-4-2-6-10-9(7)8;/h4-29,31-37H,3,30H2,1-2H3;1-25,48H;2*1-6,11H;/q;;;;+3/p-3. The summed E-state index contributed by atoms with van der Waals surface area (Å²) in [5, 5.41) is 28.6. The molecule has 16 nitrogen and oxygen atoms in total. The molecule has 0 aliphatic heterocycles. The van der Waals surface area contributed by atoms with Gasteiger partial charge in [-0.25, -0.2) is 0 Å². The van der Waals surface area contributed by atoms with Gasteiger partial charge in [-0.15, -0.1) is 9.90 Å². The zero-order chi connectivity index (χ0) is 93.0. The number of benzene rings is 18. The van der Waals surface area contributed by atoms with Crippen molar-refractivity contribution in [2.45, 2.75) is 26.7 Å². The summed E-state index contributed by atoms with van der Waals surface area (Å²) in [6.07, 6.45) is 9.36. The summed E-state index contributed by atoms with van der Waals surface area (Å²) in [7, 11) is 0. The third kappa shape index (κ3) is 13.5. The van der Waals surface area contributed by atoms with Crippen molar-refractivity contribution in [3.8, 4) is 84.6 Å². The fraction of sp³-hybridized carbons (Fsp3) is 0.0403. The van der Waals surface area contributed by atoms with Crippen molar-refractivity contribution in [2.75, 3.05) is 0 Å². The Morgan fingerprint density at radius 2 is 0.759 bits per heavy atom. The van der Waals surface area contributed by atoms with Crippen molar-refractivity contribution < 1.29 is 29.0 Å². The highest BCUT2D eigenvalue weighted by atomic mass is 27.3. The van der Waals surface area contributed by atoms with Crippen molar-refractivity contribution in [2.24, 2.45) is 5.92 Å². The lowest BCUT2D eigenvalue weighted by Crippen LogP contribution is -2.37. The monoisotopic (exact) mass is 1830 g/mol. The lowest BCUT2D eigenvalue weighted by atomic mass is 9.95. The topological polar surface area (TPSA) is 164 Å². The van der Waals surface area contributed by atoms with Crippen molar-refractivity contribution in [3.63, 3.8) is 0 Å². The first kappa shape index (κ1) is 81.2. The maximum Gasteiger partial charge on any atom is 1.20 e. The van der Waals surface area contributed by atoms with E-state index in [1.165, 1.54) is 16.3 Å². The Morgan fingerprint density at radius 3 is 1.46 bits per heavy atom. The molecule has 1 atom stereocenters. The second-order valence-electron chi connectivity index (χ2n) is 36.5. The molecule has 0 N–H and O–H groups in total. The highest BCUT2D eigenvalue weighted by Gasteiger charge is 2.46. The Kier molecular flexibility index (Phi) is 18.9. The van der Waals surface area contributed by atoms with Crippen LogP contribution in [-0.2, 0) is 6.42 Å². The Labute approximate surface area is 809 Å². The predicted molar refractivity (Wildman–Crippen MR) is 571 cm³/mol. The van der Waals surface area contributed by atoms with Crippen LogP contribution >= 0.6 is 0 Å². The SMILES string of the molecule is CCC(C)Cc1cccc(-c2cc(-n3ncc(-n4c5ccccc5c5cc(-c6ccc7oc8c(-n9c%10ccccc%10c%10ccccc%109)cccc8c7c6)ccc54)n3)c3oc4ccccc4c3c2)c1.c1cnc2c([O][Al]([O]c3cccc4cccnc34)[O]c3ccc(-c4ccc5c(c4)c4ccccc4n5-c4ccc5oc6c(-c7ccc8c(c7)oc7ccccc78)cccc6c5c4)c4cccnc34)cccc2c1. The molecule has 11 heterocycles. The molecular formula is C124H80AlN9O7. The summed E-state index contributed by atoms with van der Waals surface area (Å²) >= 11 is -3.10. The largest absolute Gasteiger partial charge is 1.20 e. The first-order chi connectivity index (χ1) is 69.7. The molecule has 17 heteroatoms. The number of rotatable bonds is 17. The molecule has 141 heavy (non-hydrogen) atoms. The summed E-state index contributed by atoms with van der Waals surface area (Å²) in [6, 6.07) is 138. The van der Waals surface area contributed by atoms with Gasteiger partial charge in [0.2, 0.25) is 0 Å². The zero-order valence-electron chi connectivity index (χ0n) is 76.3. The lowest BCUT2D eigenvalue weighted by Gasteiger charge is -2.19. The molecule has 29 aromatic rings. The molecule has 0 saturated carbocycles. The Morgan fingerprint density at radius 1 is 0.291 bits per heavy atom. The third-order valence-electron chi connectivity index (χ3n) is 28.2. The summed E-state index contributed by atoms with van der Waals surface area (Å²) in [4.78, 5) is 16.0. The van der Waals surface area contributed by atoms with Gasteiger partial charge in [0.1, 0.15) is 73.0 Å². The molecular weight excluding hydrogens is 1750 g/mol. The fourth-order valence-electron chi connectivity index (χ4n) is 21.4. The first-order valence-corrected chi connectivity index (χ1v) is 49.1. The summed E-state index contributed by atoms with van der Waals surface area (Å²) in [5.74, 6) is 3.03. The van der Waals surface area contributed by atoms with E-state index in [1.54, 1.807) is 23.4 Å². The first-order valence-electron chi connectivity index (χ1n) is 47.6. The maximum absolute atomic E-state index is 6.87. The van der Waals surface area contributed by atoms with Crippen LogP contribution in [0.2, 0.25) is 0 Å². The molecule has 666 valence electrons. The van der Waals surface area contributed by atoms with Gasteiger partial charge in [-0.1, -0.05) is 257 Å². The fourth-order valence-corrected chi connectivity index (χ4v) is 22.8. The minimum absolute atomic E-state index is 0.552. The van der Waals surface area contributed by atoms with Crippen LogP contribution in [0.15, 0.2) is 437 Å². The molecule has 0 fully saturated rings. The van der Waals surface area contributed by atoms with Crippen LogP contribution in [0, 0.1) is 5.92 Å². The molecule has 0 saturated heterocycles. The van der Waals surface area contributed by atoms with Gasteiger partial charge in [-0.3, -0.25) is 19.5 Å². The average molecular weight is 1840 g/mol. The number of nitrogens with zero attached hydrogens (tertiary/aromatic N) is 9. The summed E-state index contributed by atoms with van der Waals surface area (Å²) < 4.78 is 53.6. The van der Waals surface area contributed by atoms with Gasteiger partial charge in [-0.05, 0) is 215 Å². The van der Waals surface area contributed by atoms with Crippen LogP contribution in [0.25, 0.3) is 253 Å². The average Bonchev–Trinajstić information content (AvgIpc) is 1.58. The van der Waals surface area contributed by atoms with E-state index in [4.69, 9.17) is 44.2 Å². The van der Waals surface area contributed by atoms with E-state index in [9.17, 15) is 0 Å². The molecule has 18 aromatic carbocycles. The lowest BCUT2D eigenvalue weighted by molar-refractivity contribution is 0.311. The number of para-hydroxylation sites is 10. The number of hydrogen-bond donors (Lipinski definition) is 0. The molecule has 29 rings (SSSR count). The van der Waals surface area contributed by atoms with Crippen LogP contribution in [0.3, 0.4) is 0 Å². The van der Waals surface area contributed by atoms with Crippen LogP contribution < -0.4 is 11.4 Å². The molecule has 0 spiro atoms. The quantitative estimate of drug-likeness (QED) is 0.0794. The van der Waals surface area contributed by atoms with Gasteiger partial charge in [0.05, 0.1) is 45.0 Å². The predicted octanol–water partition coefficient (Wildman–Crippen LogP) is 32.3. The van der Waals surface area contributed by atoms with Gasteiger partial charge in [0.15, 0.2) is 17.0 Å².